The van der Waals surface area contributed by atoms with Crippen molar-refractivity contribution in [3.05, 3.63) is 95.1 Å². The summed E-state index contributed by atoms with van der Waals surface area (Å²) in [7, 11) is -3.83. The molecule has 0 aliphatic carbocycles. The summed E-state index contributed by atoms with van der Waals surface area (Å²) >= 11 is 0. The SMILES string of the molecule is CCc1cccc(CC)c1NC(=O)CN(CCc1ccccc1)S(=O)(=O)c1ccc(C)cc1. The lowest BCUT2D eigenvalue weighted by atomic mass is 10.0. The Hall–Kier alpha value is -2.96. The molecule has 3 aromatic carbocycles. The number of anilines is 1. The van der Waals surface area contributed by atoms with Crippen molar-refractivity contribution in [3.63, 3.8) is 0 Å². The fourth-order valence-electron chi connectivity index (χ4n) is 3.78. The van der Waals surface area contributed by atoms with Crippen LogP contribution >= 0.6 is 0 Å². The number of benzene rings is 3. The van der Waals surface area contributed by atoms with Gasteiger partial charge >= 0.3 is 0 Å². The van der Waals surface area contributed by atoms with E-state index in [1.807, 2.05) is 69.3 Å². The third-order valence-corrected chi connectivity index (χ3v) is 7.59. The highest BCUT2D eigenvalue weighted by Crippen LogP contribution is 2.23. The molecule has 0 aromatic heterocycles. The smallest absolute Gasteiger partial charge is 0.243 e. The van der Waals surface area contributed by atoms with Crippen molar-refractivity contribution in [1.82, 2.24) is 4.31 Å². The first-order valence-electron chi connectivity index (χ1n) is 11.4. The zero-order valence-corrected chi connectivity index (χ0v) is 20.4. The molecule has 0 heterocycles. The number of carbonyl (C=O) groups excluding carboxylic acids is 1. The molecule has 0 spiro atoms. The van der Waals surface area contributed by atoms with Crippen LogP contribution in [0, 0.1) is 6.92 Å². The van der Waals surface area contributed by atoms with E-state index in [0.29, 0.717) is 6.42 Å². The van der Waals surface area contributed by atoms with Gasteiger partial charge in [-0.1, -0.05) is 80.1 Å². The molecule has 0 radical (unpaired) electrons. The van der Waals surface area contributed by atoms with E-state index < -0.39 is 10.0 Å². The highest BCUT2D eigenvalue weighted by Gasteiger charge is 2.27. The lowest BCUT2D eigenvalue weighted by Gasteiger charge is -2.23. The van der Waals surface area contributed by atoms with Crippen LogP contribution in [0.5, 0.6) is 0 Å². The van der Waals surface area contributed by atoms with Gasteiger partial charge in [0.25, 0.3) is 0 Å². The summed E-state index contributed by atoms with van der Waals surface area (Å²) in [5.74, 6) is -0.339. The van der Waals surface area contributed by atoms with E-state index >= 15 is 0 Å². The van der Waals surface area contributed by atoms with Crippen LogP contribution in [0.4, 0.5) is 5.69 Å². The van der Waals surface area contributed by atoms with Crippen LogP contribution in [0.15, 0.2) is 77.7 Å². The standard InChI is InChI=1S/C27H32N2O3S/c1-4-23-12-9-13-24(5-2)27(23)28-26(30)20-29(19-18-22-10-7-6-8-11-22)33(31,32)25-16-14-21(3)15-17-25/h6-17H,4-5,18-20H2,1-3H3,(H,28,30). The summed E-state index contributed by atoms with van der Waals surface area (Å²) in [5.41, 5.74) is 4.88. The molecule has 0 bridgehead atoms. The molecule has 1 N–H and O–H groups in total. The highest BCUT2D eigenvalue weighted by molar-refractivity contribution is 7.89. The van der Waals surface area contributed by atoms with Crippen molar-refractivity contribution in [2.45, 2.75) is 44.9 Å². The van der Waals surface area contributed by atoms with Gasteiger partial charge in [-0.05, 0) is 55.0 Å². The van der Waals surface area contributed by atoms with Gasteiger partial charge in [-0.2, -0.15) is 4.31 Å². The number of amides is 1. The van der Waals surface area contributed by atoms with Gasteiger partial charge in [0.1, 0.15) is 0 Å². The molecule has 0 saturated carbocycles. The van der Waals surface area contributed by atoms with E-state index in [1.165, 1.54) is 4.31 Å². The first-order chi connectivity index (χ1) is 15.8. The van der Waals surface area contributed by atoms with Crippen LogP contribution in [-0.2, 0) is 34.1 Å². The number of para-hydroxylation sites is 1. The van der Waals surface area contributed by atoms with Gasteiger partial charge in [0.2, 0.25) is 15.9 Å². The van der Waals surface area contributed by atoms with Crippen LogP contribution in [0.2, 0.25) is 0 Å². The van der Waals surface area contributed by atoms with Gasteiger partial charge in [0.05, 0.1) is 11.4 Å². The second-order valence-electron chi connectivity index (χ2n) is 8.09. The summed E-state index contributed by atoms with van der Waals surface area (Å²) in [4.78, 5) is 13.3. The topological polar surface area (TPSA) is 66.5 Å². The zero-order chi connectivity index (χ0) is 23.8. The molecule has 0 aliphatic heterocycles. The normalized spacial score (nSPS) is 11.5. The van der Waals surface area contributed by atoms with Gasteiger partial charge in [-0.25, -0.2) is 8.42 Å². The van der Waals surface area contributed by atoms with Gasteiger partial charge in [-0.3, -0.25) is 4.79 Å². The maximum absolute atomic E-state index is 13.4. The molecule has 0 atom stereocenters. The second kappa shape index (κ2) is 11.3. The van der Waals surface area contributed by atoms with E-state index in [0.717, 1.165) is 40.8 Å². The number of hydrogen-bond donors (Lipinski definition) is 1. The van der Waals surface area contributed by atoms with E-state index in [-0.39, 0.29) is 23.9 Å². The van der Waals surface area contributed by atoms with E-state index in [1.54, 1.807) is 24.3 Å². The third kappa shape index (κ3) is 6.30. The Morgan fingerprint density at radius 1 is 0.848 bits per heavy atom. The van der Waals surface area contributed by atoms with Crippen molar-refractivity contribution in [1.29, 1.82) is 0 Å². The summed E-state index contributed by atoms with van der Waals surface area (Å²) in [6.45, 7) is 5.96. The predicted molar refractivity (Wildman–Crippen MR) is 134 cm³/mol. The Bertz CT molecular complexity index is 1150. The number of hydrogen-bond acceptors (Lipinski definition) is 3. The predicted octanol–water partition coefficient (Wildman–Crippen LogP) is 4.99. The molecule has 5 nitrogen and oxygen atoms in total. The fraction of sp³-hybridized carbons (Fsp3) is 0.296. The maximum atomic E-state index is 13.4. The molecule has 174 valence electrons. The Morgan fingerprint density at radius 3 is 2.03 bits per heavy atom. The van der Waals surface area contributed by atoms with Crippen LogP contribution in [0.25, 0.3) is 0 Å². The molecule has 3 aromatic rings. The minimum absolute atomic E-state index is 0.192. The molecule has 3 rings (SSSR count). The number of nitrogens with zero attached hydrogens (tertiary/aromatic N) is 1. The summed E-state index contributed by atoms with van der Waals surface area (Å²) in [6, 6.07) is 22.4. The average Bonchev–Trinajstić information content (AvgIpc) is 2.82. The summed E-state index contributed by atoms with van der Waals surface area (Å²) in [5, 5.41) is 3.00. The van der Waals surface area contributed by atoms with Gasteiger partial charge < -0.3 is 5.32 Å². The molecule has 0 aliphatic rings. The maximum Gasteiger partial charge on any atom is 0.243 e. The monoisotopic (exact) mass is 464 g/mol. The van der Waals surface area contributed by atoms with E-state index in [9.17, 15) is 13.2 Å². The number of carbonyl (C=O) groups is 1. The van der Waals surface area contributed by atoms with E-state index in [4.69, 9.17) is 0 Å². The highest BCUT2D eigenvalue weighted by atomic mass is 32.2. The van der Waals surface area contributed by atoms with Crippen molar-refractivity contribution in [2.75, 3.05) is 18.4 Å². The zero-order valence-electron chi connectivity index (χ0n) is 19.5. The molecule has 0 fully saturated rings. The minimum atomic E-state index is -3.83. The Morgan fingerprint density at radius 2 is 1.45 bits per heavy atom. The largest absolute Gasteiger partial charge is 0.324 e. The quantitative estimate of drug-likeness (QED) is 0.460. The average molecular weight is 465 g/mol. The summed E-state index contributed by atoms with van der Waals surface area (Å²) in [6.07, 6.45) is 2.08. The number of nitrogens with one attached hydrogen (secondary N) is 1. The second-order valence-corrected chi connectivity index (χ2v) is 10.0. The third-order valence-electron chi connectivity index (χ3n) is 5.73. The number of rotatable bonds is 10. The minimum Gasteiger partial charge on any atom is -0.324 e. The molecule has 0 saturated heterocycles. The van der Waals surface area contributed by atoms with Crippen LogP contribution in [-0.4, -0.2) is 31.7 Å². The lowest BCUT2D eigenvalue weighted by Crippen LogP contribution is -2.39. The van der Waals surface area contributed by atoms with Crippen molar-refractivity contribution in [2.24, 2.45) is 0 Å². The van der Waals surface area contributed by atoms with Gasteiger partial charge in [-0.15, -0.1) is 0 Å². The first-order valence-corrected chi connectivity index (χ1v) is 12.8. The first kappa shape index (κ1) is 24.7. The molecule has 33 heavy (non-hydrogen) atoms. The molecule has 6 heteroatoms. The van der Waals surface area contributed by atoms with Crippen molar-refractivity contribution >= 4 is 21.6 Å². The lowest BCUT2D eigenvalue weighted by molar-refractivity contribution is -0.116. The Labute approximate surface area is 197 Å². The van der Waals surface area contributed by atoms with Crippen molar-refractivity contribution in [3.8, 4) is 0 Å². The number of sulfonamides is 1. The molecular weight excluding hydrogens is 432 g/mol. The van der Waals surface area contributed by atoms with Crippen LogP contribution in [0.1, 0.15) is 36.1 Å². The Balaban J connectivity index is 1.86. The van der Waals surface area contributed by atoms with Crippen LogP contribution in [0.3, 0.4) is 0 Å². The molecule has 1 amide bonds. The Kier molecular flexibility index (Phi) is 8.42. The molecular formula is C27H32N2O3S. The van der Waals surface area contributed by atoms with E-state index in [2.05, 4.69) is 5.32 Å². The van der Waals surface area contributed by atoms with Crippen LogP contribution < -0.4 is 5.32 Å². The van der Waals surface area contributed by atoms with Crippen molar-refractivity contribution < 1.29 is 13.2 Å². The molecule has 0 unspecified atom stereocenters. The number of aryl methyl sites for hydroxylation is 3. The van der Waals surface area contributed by atoms with Gasteiger partial charge in [0, 0.05) is 12.2 Å². The van der Waals surface area contributed by atoms with Gasteiger partial charge in [0.15, 0.2) is 0 Å². The summed E-state index contributed by atoms with van der Waals surface area (Å²) < 4.78 is 28.2. The fourth-order valence-corrected chi connectivity index (χ4v) is 5.18.